The average Bonchev–Trinajstić information content (AvgIpc) is 2.31. The van der Waals surface area contributed by atoms with E-state index in [-0.39, 0.29) is 0 Å². The minimum absolute atomic E-state index is 0.841. The van der Waals surface area contributed by atoms with Crippen molar-refractivity contribution in [3.8, 4) is 0 Å². The van der Waals surface area contributed by atoms with Crippen molar-refractivity contribution in [3.05, 3.63) is 16.7 Å². The Bertz CT molecular complexity index is 287. The second-order valence-corrected chi connectivity index (χ2v) is 4.15. The molecule has 0 atom stereocenters. The SMILES string of the molecule is CSCCCn1cc(C)[nH]c1=S. The fraction of sp³-hybridized carbons (Fsp3) is 0.625. The lowest BCUT2D eigenvalue weighted by molar-refractivity contribution is 0.675. The normalized spacial score (nSPS) is 10.5. The smallest absolute Gasteiger partial charge is 0.177 e. The Morgan fingerprint density at radius 1 is 1.67 bits per heavy atom. The summed E-state index contributed by atoms with van der Waals surface area (Å²) in [4.78, 5) is 3.11. The van der Waals surface area contributed by atoms with Crippen LogP contribution in [0.5, 0.6) is 0 Å². The van der Waals surface area contributed by atoms with E-state index in [0.29, 0.717) is 0 Å². The van der Waals surface area contributed by atoms with Gasteiger partial charge in [-0.15, -0.1) is 0 Å². The van der Waals surface area contributed by atoms with Gasteiger partial charge in [-0.05, 0) is 37.6 Å². The van der Waals surface area contributed by atoms with Crippen LogP contribution in [0.25, 0.3) is 0 Å². The number of aryl methyl sites for hydroxylation is 2. The van der Waals surface area contributed by atoms with Gasteiger partial charge in [-0.2, -0.15) is 11.8 Å². The van der Waals surface area contributed by atoms with Crippen LogP contribution in [-0.4, -0.2) is 21.6 Å². The molecular formula is C8H14N2S2. The van der Waals surface area contributed by atoms with Crippen molar-refractivity contribution in [1.82, 2.24) is 9.55 Å². The van der Waals surface area contributed by atoms with Crippen LogP contribution in [0.3, 0.4) is 0 Å². The number of rotatable bonds is 4. The summed E-state index contributed by atoms with van der Waals surface area (Å²) in [6.45, 7) is 3.06. The van der Waals surface area contributed by atoms with Crippen molar-refractivity contribution < 1.29 is 0 Å². The quantitative estimate of drug-likeness (QED) is 0.598. The molecule has 0 aliphatic rings. The highest BCUT2D eigenvalue weighted by atomic mass is 32.2. The zero-order valence-corrected chi connectivity index (χ0v) is 9.10. The maximum atomic E-state index is 5.12. The second-order valence-electron chi connectivity index (χ2n) is 2.78. The van der Waals surface area contributed by atoms with E-state index in [0.717, 1.165) is 17.0 Å². The summed E-state index contributed by atoms with van der Waals surface area (Å²) in [5.41, 5.74) is 1.14. The van der Waals surface area contributed by atoms with E-state index >= 15 is 0 Å². The molecule has 1 rings (SSSR count). The first-order chi connectivity index (χ1) is 5.74. The average molecular weight is 202 g/mol. The second kappa shape index (κ2) is 4.72. The van der Waals surface area contributed by atoms with Gasteiger partial charge in [0.2, 0.25) is 0 Å². The van der Waals surface area contributed by atoms with Crippen LogP contribution in [0, 0.1) is 11.7 Å². The topological polar surface area (TPSA) is 20.7 Å². The van der Waals surface area contributed by atoms with Gasteiger partial charge in [0, 0.05) is 18.4 Å². The lowest BCUT2D eigenvalue weighted by atomic mass is 10.5. The van der Waals surface area contributed by atoms with E-state index in [9.17, 15) is 0 Å². The summed E-state index contributed by atoms with van der Waals surface area (Å²) in [6, 6.07) is 0. The van der Waals surface area contributed by atoms with Crippen LogP contribution in [-0.2, 0) is 6.54 Å². The first-order valence-corrected chi connectivity index (χ1v) is 5.79. The van der Waals surface area contributed by atoms with Gasteiger partial charge < -0.3 is 9.55 Å². The maximum Gasteiger partial charge on any atom is 0.177 e. The third-order valence-corrected chi connectivity index (χ3v) is 2.70. The maximum absolute atomic E-state index is 5.12. The van der Waals surface area contributed by atoms with Crippen LogP contribution in [0.2, 0.25) is 0 Å². The van der Waals surface area contributed by atoms with Crippen molar-refractivity contribution in [3.63, 3.8) is 0 Å². The molecule has 0 saturated heterocycles. The van der Waals surface area contributed by atoms with Gasteiger partial charge in [0.15, 0.2) is 4.77 Å². The molecule has 0 aliphatic heterocycles. The lowest BCUT2D eigenvalue weighted by Gasteiger charge is -1.99. The van der Waals surface area contributed by atoms with Crippen LogP contribution in [0.4, 0.5) is 0 Å². The van der Waals surface area contributed by atoms with E-state index in [1.807, 2.05) is 18.7 Å². The van der Waals surface area contributed by atoms with E-state index in [4.69, 9.17) is 12.2 Å². The zero-order valence-electron chi connectivity index (χ0n) is 7.46. The molecule has 12 heavy (non-hydrogen) atoms. The van der Waals surface area contributed by atoms with Crippen molar-refractivity contribution in [2.75, 3.05) is 12.0 Å². The standard InChI is InChI=1S/C8H14N2S2/c1-7-6-10(8(11)9-7)4-3-5-12-2/h6H,3-5H2,1-2H3,(H,9,11). The van der Waals surface area contributed by atoms with E-state index in [2.05, 4.69) is 22.0 Å². The van der Waals surface area contributed by atoms with Gasteiger partial charge in [0.25, 0.3) is 0 Å². The minimum atomic E-state index is 0.841. The molecule has 0 fully saturated rings. The van der Waals surface area contributed by atoms with E-state index in [1.54, 1.807) is 0 Å². The zero-order chi connectivity index (χ0) is 8.97. The largest absolute Gasteiger partial charge is 0.335 e. The van der Waals surface area contributed by atoms with Gasteiger partial charge >= 0.3 is 0 Å². The van der Waals surface area contributed by atoms with Gasteiger partial charge in [-0.3, -0.25) is 0 Å². The predicted octanol–water partition coefficient (Wildman–Crippen LogP) is 2.61. The fourth-order valence-corrected chi connectivity index (χ4v) is 1.83. The lowest BCUT2D eigenvalue weighted by Crippen LogP contribution is -1.97. The highest BCUT2D eigenvalue weighted by Gasteiger charge is 1.94. The number of nitrogens with one attached hydrogen (secondary N) is 1. The van der Waals surface area contributed by atoms with Crippen LogP contribution < -0.4 is 0 Å². The number of thioether (sulfide) groups is 1. The fourth-order valence-electron chi connectivity index (χ4n) is 1.11. The summed E-state index contributed by atoms with van der Waals surface area (Å²) in [6.07, 6.45) is 5.39. The molecule has 0 radical (unpaired) electrons. The number of hydrogen-bond acceptors (Lipinski definition) is 2. The number of hydrogen-bond donors (Lipinski definition) is 1. The Morgan fingerprint density at radius 3 is 2.92 bits per heavy atom. The van der Waals surface area contributed by atoms with Gasteiger partial charge in [0.05, 0.1) is 0 Å². The Labute approximate surface area is 82.4 Å². The molecule has 0 aliphatic carbocycles. The molecule has 4 heteroatoms. The van der Waals surface area contributed by atoms with Gasteiger partial charge in [-0.1, -0.05) is 0 Å². The molecule has 0 unspecified atom stereocenters. The van der Waals surface area contributed by atoms with Crippen LogP contribution in [0.15, 0.2) is 6.20 Å². The van der Waals surface area contributed by atoms with Crippen LogP contribution in [0.1, 0.15) is 12.1 Å². The van der Waals surface area contributed by atoms with Gasteiger partial charge in [-0.25, -0.2) is 0 Å². The molecule has 1 heterocycles. The Kier molecular flexibility index (Phi) is 3.88. The minimum Gasteiger partial charge on any atom is -0.335 e. The highest BCUT2D eigenvalue weighted by Crippen LogP contribution is 2.02. The molecule has 68 valence electrons. The number of aromatic nitrogens is 2. The number of nitrogens with zero attached hydrogens (tertiary/aromatic N) is 1. The summed E-state index contributed by atoms with van der Waals surface area (Å²) in [5, 5.41) is 0. The van der Waals surface area contributed by atoms with Crippen molar-refractivity contribution in [2.24, 2.45) is 0 Å². The van der Waals surface area contributed by atoms with Crippen molar-refractivity contribution in [2.45, 2.75) is 19.9 Å². The van der Waals surface area contributed by atoms with E-state index < -0.39 is 0 Å². The van der Waals surface area contributed by atoms with Crippen molar-refractivity contribution >= 4 is 24.0 Å². The van der Waals surface area contributed by atoms with Crippen LogP contribution >= 0.6 is 24.0 Å². The third-order valence-electron chi connectivity index (χ3n) is 1.66. The number of aromatic amines is 1. The predicted molar refractivity (Wildman–Crippen MR) is 57.4 cm³/mol. The summed E-state index contributed by atoms with van der Waals surface area (Å²) in [5.74, 6) is 1.20. The summed E-state index contributed by atoms with van der Waals surface area (Å²) < 4.78 is 2.94. The third kappa shape index (κ3) is 2.68. The molecule has 0 spiro atoms. The van der Waals surface area contributed by atoms with Crippen molar-refractivity contribution in [1.29, 1.82) is 0 Å². The number of imidazole rings is 1. The molecule has 1 N–H and O–H groups in total. The monoisotopic (exact) mass is 202 g/mol. The Morgan fingerprint density at radius 2 is 2.42 bits per heavy atom. The molecule has 1 aromatic heterocycles. The first-order valence-electron chi connectivity index (χ1n) is 3.99. The van der Waals surface area contributed by atoms with Gasteiger partial charge in [0.1, 0.15) is 0 Å². The summed E-state index contributed by atoms with van der Waals surface area (Å²) in [7, 11) is 0. The molecule has 0 amide bonds. The first kappa shape index (κ1) is 9.86. The summed E-state index contributed by atoms with van der Waals surface area (Å²) >= 11 is 7.00. The molecule has 1 aromatic rings. The highest BCUT2D eigenvalue weighted by molar-refractivity contribution is 7.98. The molecular weight excluding hydrogens is 188 g/mol. The molecule has 0 aromatic carbocycles. The number of H-pyrrole nitrogens is 1. The molecule has 0 bridgehead atoms. The molecule has 0 saturated carbocycles. The van der Waals surface area contributed by atoms with E-state index in [1.165, 1.54) is 12.2 Å². The Hall–Kier alpha value is -0.220. The molecule has 2 nitrogen and oxygen atoms in total. The Balaban J connectivity index is 2.51.